The van der Waals surface area contributed by atoms with E-state index in [4.69, 9.17) is 4.74 Å². The van der Waals surface area contributed by atoms with E-state index >= 15 is 0 Å². The van der Waals surface area contributed by atoms with E-state index in [0.29, 0.717) is 0 Å². The Kier molecular flexibility index (Phi) is 6.68. The number of carbonyl (C=O) groups excluding carboxylic acids is 3. The number of benzene rings is 2. The Bertz CT molecular complexity index is 768. The molecule has 1 saturated heterocycles. The normalized spacial score (nSPS) is 18.8. The number of ketones is 2. The van der Waals surface area contributed by atoms with Gasteiger partial charge in [-0.2, -0.15) is 0 Å². The minimum atomic E-state index is -1.47. The van der Waals surface area contributed by atoms with Gasteiger partial charge in [-0.3, -0.25) is 14.4 Å². The zero-order valence-electron chi connectivity index (χ0n) is 15.4. The molecule has 0 aliphatic carbocycles. The highest BCUT2D eigenvalue weighted by Crippen LogP contribution is 2.13. The highest BCUT2D eigenvalue weighted by Gasteiger charge is 2.35. The molecule has 2 unspecified atom stereocenters. The van der Waals surface area contributed by atoms with Crippen LogP contribution in [-0.2, 0) is 32.0 Å². The highest BCUT2D eigenvalue weighted by atomic mass is 16.6. The first-order valence-corrected chi connectivity index (χ1v) is 9.28. The van der Waals surface area contributed by atoms with Crippen molar-refractivity contribution in [3.05, 3.63) is 71.8 Å². The largest absolute Gasteiger partial charge is 0.445 e. The topological polar surface area (TPSA) is 92.7 Å². The maximum atomic E-state index is 12.8. The van der Waals surface area contributed by atoms with E-state index < -0.39 is 35.8 Å². The fraction of sp³-hybridized carbons (Fsp3) is 0.318. The Morgan fingerprint density at radius 2 is 1.43 bits per heavy atom. The summed E-state index contributed by atoms with van der Waals surface area (Å²) in [5.74, 6) is -1.61. The lowest BCUT2D eigenvalue weighted by atomic mass is 9.98. The molecule has 0 aromatic heterocycles. The number of esters is 1. The summed E-state index contributed by atoms with van der Waals surface area (Å²) in [4.78, 5) is 38.0. The molecule has 3 rings (SSSR count). The van der Waals surface area contributed by atoms with Crippen LogP contribution >= 0.6 is 0 Å². The maximum Gasteiger partial charge on any atom is 0.324 e. The van der Waals surface area contributed by atoms with Gasteiger partial charge in [0.15, 0.2) is 11.6 Å². The summed E-state index contributed by atoms with van der Waals surface area (Å²) in [6.45, 7) is 0.278. The molecule has 2 aromatic carbocycles. The van der Waals surface area contributed by atoms with Gasteiger partial charge in [0.2, 0.25) is 6.10 Å². The third-order valence-electron chi connectivity index (χ3n) is 4.65. The van der Waals surface area contributed by atoms with E-state index in [-0.39, 0.29) is 25.8 Å². The Balaban J connectivity index is 1.73. The van der Waals surface area contributed by atoms with E-state index in [0.717, 1.165) is 11.1 Å². The number of hydrogen-bond acceptors (Lipinski definition) is 6. The SMILES string of the molecule is O=C(OC(C(=O)Cc1ccccc1)C(=O)Cc1ccccc1)C1CC(O)CN1. The first kappa shape index (κ1) is 19.9. The number of nitrogens with one attached hydrogen (secondary N) is 1. The molecule has 1 aliphatic rings. The second-order valence-corrected chi connectivity index (χ2v) is 6.92. The van der Waals surface area contributed by atoms with Crippen LogP contribution in [0.5, 0.6) is 0 Å². The molecule has 0 amide bonds. The number of ether oxygens (including phenoxy) is 1. The van der Waals surface area contributed by atoms with E-state index in [1.54, 1.807) is 48.5 Å². The minimum absolute atomic E-state index is 0.0000363. The zero-order valence-corrected chi connectivity index (χ0v) is 15.4. The third kappa shape index (κ3) is 5.34. The lowest BCUT2D eigenvalue weighted by Gasteiger charge is -2.18. The molecule has 6 nitrogen and oxygen atoms in total. The fourth-order valence-corrected chi connectivity index (χ4v) is 3.19. The minimum Gasteiger partial charge on any atom is -0.445 e. The molecule has 6 heteroatoms. The third-order valence-corrected chi connectivity index (χ3v) is 4.65. The van der Waals surface area contributed by atoms with Gasteiger partial charge < -0.3 is 15.2 Å². The van der Waals surface area contributed by atoms with Gasteiger partial charge in [0.1, 0.15) is 6.04 Å². The van der Waals surface area contributed by atoms with Gasteiger partial charge in [-0.1, -0.05) is 60.7 Å². The first-order valence-electron chi connectivity index (χ1n) is 9.28. The highest BCUT2D eigenvalue weighted by molar-refractivity contribution is 6.08. The zero-order chi connectivity index (χ0) is 19.9. The monoisotopic (exact) mass is 381 g/mol. The predicted molar refractivity (Wildman–Crippen MR) is 103 cm³/mol. The molecule has 2 N–H and O–H groups in total. The summed E-state index contributed by atoms with van der Waals surface area (Å²) in [7, 11) is 0. The van der Waals surface area contributed by atoms with Gasteiger partial charge in [-0.25, -0.2) is 0 Å². The van der Waals surface area contributed by atoms with Gasteiger partial charge >= 0.3 is 5.97 Å². The van der Waals surface area contributed by atoms with Gasteiger partial charge in [0.05, 0.1) is 6.10 Å². The van der Waals surface area contributed by atoms with Crippen molar-refractivity contribution in [1.82, 2.24) is 5.32 Å². The molecule has 2 atom stereocenters. The smallest absolute Gasteiger partial charge is 0.324 e. The molecule has 28 heavy (non-hydrogen) atoms. The Hall–Kier alpha value is -2.83. The molecular formula is C22H23NO5. The van der Waals surface area contributed by atoms with Crippen LogP contribution in [0.1, 0.15) is 17.5 Å². The molecule has 0 bridgehead atoms. The Morgan fingerprint density at radius 3 is 1.86 bits per heavy atom. The summed E-state index contributed by atoms with van der Waals surface area (Å²) in [5.41, 5.74) is 1.49. The summed E-state index contributed by atoms with van der Waals surface area (Å²) >= 11 is 0. The number of Topliss-reactive ketones (excluding diaryl/α,β-unsaturated/α-hetero) is 2. The number of carbonyl (C=O) groups is 3. The molecule has 0 spiro atoms. The molecule has 0 radical (unpaired) electrons. The van der Waals surface area contributed by atoms with Gasteiger partial charge in [0, 0.05) is 25.8 Å². The molecular weight excluding hydrogens is 358 g/mol. The average molecular weight is 381 g/mol. The van der Waals surface area contributed by atoms with Crippen LogP contribution in [-0.4, -0.2) is 47.4 Å². The van der Waals surface area contributed by atoms with Crippen LogP contribution in [0, 0.1) is 0 Å². The number of aliphatic hydroxyl groups excluding tert-OH is 1. The number of hydrogen-bond donors (Lipinski definition) is 2. The van der Waals surface area contributed by atoms with Crippen LogP contribution in [0.4, 0.5) is 0 Å². The van der Waals surface area contributed by atoms with Crippen molar-refractivity contribution in [2.24, 2.45) is 0 Å². The second kappa shape index (κ2) is 9.39. The summed E-state index contributed by atoms with van der Waals surface area (Å²) < 4.78 is 5.34. The molecule has 2 aromatic rings. The molecule has 146 valence electrons. The van der Waals surface area contributed by atoms with Crippen molar-refractivity contribution in [3.8, 4) is 0 Å². The Labute approximate surface area is 163 Å². The standard InChI is InChI=1S/C22H23NO5/c24-17-13-18(23-14-17)22(27)28-21(19(25)11-15-7-3-1-4-8-15)20(26)12-16-9-5-2-6-10-16/h1-10,17-18,21,23-24H,11-14H2. The van der Waals surface area contributed by atoms with Crippen LogP contribution in [0.15, 0.2) is 60.7 Å². The lowest BCUT2D eigenvalue weighted by molar-refractivity contribution is -0.161. The second-order valence-electron chi connectivity index (χ2n) is 6.92. The summed E-state index contributed by atoms with van der Waals surface area (Å²) in [5, 5.41) is 12.4. The van der Waals surface area contributed by atoms with E-state index in [1.807, 2.05) is 12.1 Å². The van der Waals surface area contributed by atoms with Crippen molar-refractivity contribution < 1.29 is 24.2 Å². The molecule has 1 fully saturated rings. The van der Waals surface area contributed by atoms with Crippen LogP contribution in [0.2, 0.25) is 0 Å². The fourth-order valence-electron chi connectivity index (χ4n) is 3.19. The van der Waals surface area contributed by atoms with Crippen LogP contribution in [0.25, 0.3) is 0 Å². The van der Waals surface area contributed by atoms with Crippen molar-refractivity contribution in [2.45, 2.75) is 37.5 Å². The van der Waals surface area contributed by atoms with Crippen molar-refractivity contribution in [2.75, 3.05) is 6.54 Å². The van der Waals surface area contributed by atoms with Gasteiger partial charge in [-0.15, -0.1) is 0 Å². The molecule has 0 saturated carbocycles. The number of aliphatic hydroxyl groups is 1. The van der Waals surface area contributed by atoms with Crippen molar-refractivity contribution in [1.29, 1.82) is 0 Å². The molecule has 1 aliphatic heterocycles. The van der Waals surface area contributed by atoms with Crippen LogP contribution in [0.3, 0.4) is 0 Å². The lowest BCUT2D eigenvalue weighted by Crippen LogP contribution is -2.42. The van der Waals surface area contributed by atoms with Gasteiger partial charge in [-0.05, 0) is 11.1 Å². The first-order chi connectivity index (χ1) is 13.5. The number of rotatable bonds is 8. The average Bonchev–Trinajstić information content (AvgIpc) is 3.14. The summed E-state index contributed by atoms with van der Waals surface area (Å²) in [6.07, 6.45) is -1.91. The number of β-amino-alcohol motifs (C(OH)–C–C–N with tert-alkyl or cyclic N) is 1. The van der Waals surface area contributed by atoms with E-state index in [9.17, 15) is 19.5 Å². The molecule has 1 heterocycles. The Morgan fingerprint density at radius 1 is 0.929 bits per heavy atom. The van der Waals surface area contributed by atoms with E-state index in [1.165, 1.54) is 0 Å². The predicted octanol–water partition coefficient (Wildman–Crippen LogP) is 1.24. The van der Waals surface area contributed by atoms with Crippen molar-refractivity contribution in [3.63, 3.8) is 0 Å². The maximum absolute atomic E-state index is 12.8. The van der Waals surface area contributed by atoms with E-state index in [2.05, 4.69) is 5.32 Å². The quantitative estimate of drug-likeness (QED) is 0.528. The summed E-state index contributed by atoms with van der Waals surface area (Å²) in [6, 6.07) is 17.3. The van der Waals surface area contributed by atoms with Gasteiger partial charge in [0.25, 0.3) is 0 Å². The van der Waals surface area contributed by atoms with Crippen molar-refractivity contribution >= 4 is 17.5 Å². The van der Waals surface area contributed by atoms with Crippen LogP contribution < -0.4 is 5.32 Å².